The van der Waals surface area contributed by atoms with Gasteiger partial charge in [0, 0.05) is 17.5 Å². The van der Waals surface area contributed by atoms with E-state index in [-0.39, 0.29) is 68.7 Å². The molecule has 0 aliphatic heterocycles. The molecule has 4 rings (SSSR count). The number of benzene rings is 2. The molecule has 3 aromatic rings. The first-order chi connectivity index (χ1) is 21.7. The van der Waals surface area contributed by atoms with Crippen molar-refractivity contribution < 1.29 is 54.6 Å². The molecule has 1 aliphatic carbocycles. The highest BCUT2D eigenvalue weighted by Crippen LogP contribution is 2.38. The molecule has 1 saturated carbocycles. The van der Waals surface area contributed by atoms with Crippen molar-refractivity contribution in [3.05, 3.63) is 80.7 Å². The molecule has 2 aromatic carbocycles. The Morgan fingerprint density at radius 1 is 1.04 bits per heavy atom. The Morgan fingerprint density at radius 2 is 1.72 bits per heavy atom. The summed E-state index contributed by atoms with van der Waals surface area (Å²) in [6.45, 7) is -3.49. The molecular weight excluding hydrogens is 677 g/mol. The summed E-state index contributed by atoms with van der Waals surface area (Å²) >= 11 is 12.5. The summed E-state index contributed by atoms with van der Waals surface area (Å²) in [6.07, 6.45) is 3.50. The maximum absolute atomic E-state index is 13.1. The first-order valence-electron chi connectivity index (χ1n) is 13.6. The minimum Gasteiger partial charge on any atom is -0.619 e. The van der Waals surface area contributed by atoms with Crippen LogP contribution in [0.25, 0.3) is 0 Å². The Labute approximate surface area is 272 Å². The highest BCUT2D eigenvalue weighted by Gasteiger charge is 2.27. The molecule has 1 atom stereocenters. The number of carbonyl (C=O) groups is 2. The average molecular weight is 706 g/mol. The van der Waals surface area contributed by atoms with Crippen LogP contribution >= 0.6 is 23.2 Å². The number of alkyl halides is 2. The Balaban J connectivity index is 1.56. The zero-order valence-electron chi connectivity index (χ0n) is 24.3. The second kappa shape index (κ2) is 15.0. The summed E-state index contributed by atoms with van der Waals surface area (Å²) < 4.78 is 75.7. The van der Waals surface area contributed by atoms with Crippen LogP contribution in [0.4, 0.5) is 8.78 Å². The van der Waals surface area contributed by atoms with Crippen LogP contribution in [-0.2, 0) is 26.1 Å². The van der Waals surface area contributed by atoms with Gasteiger partial charge in [-0.1, -0.05) is 29.3 Å². The number of amides is 1. The smallest absolute Gasteiger partial charge is 0.387 e. The van der Waals surface area contributed by atoms with Gasteiger partial charge in [0.1, 0.15) is 22.7 Å². The van der Waals surface area contributed by atoms with Gasteiger partial charge in [0.25, 0.3) is 5.91 Å². The van der Waals surface area contributed by atoms with Crippen molar-refractivity contribution in [2.24, 2.45) is 5.92 Å². The van der Waals surface area contributed by atoms with Crippen molar-refractivity contribution in [3.63, 3.8) is 0 Å². The van der Waals surface area contributed by atoms with Crippen molar-refractivity contribution in [2.75, 3.05) is 26.5 Å². The standard InChI is InChI=1S/C29H28Cl2F2N2O10S/c1-41-22-7-6-18(10-26(22)45-46(2,39)40)28(37)34-12-27(36)43-24(11-19-20(30)13-35(38)14-21(19)31)17-5-8-23(44-29(32)33)25(9-17)42-15-16-3-4-16/h5-10,13-14,16,24,29H,3-4,11-12,15H2,1-2H3,(H,34,37)/t24-/m0/s1. The molecule has 46 heavy (non-hydrogen) atoms. The lowest BCUT2D eigenvalue weighted by molar-refractivity contribution is -0.605. The van der Waals surface area contributed by atoms with E-state index < -0.39 is 41.3 Å². The number of pyridine rings is 1. The molecule has 1 fully saturated rings. The lowest BCUT2D eigenvalue weighted by Crippen LogP contribution is -2.31. The first-order valence-corrected chi connectivity index (χ1v) is 16.1. The van der Waals surface area contributed by atoms with E-state index in [1.54, 1.807) is 0 Å². The lowest BCUT2D eigenvalue weighted by Gasteiger charge is -2.21. The van der Waals surface area contributed by atoms with Crippen LogP contribution in [-0.4, -0.2) is 53.4 Å². The van der Waals surface area contributed by atoms with Gasteiger partial charge >= 0.3 is 22.7 Å². The van der Waals surface area contributed by atoms with Crippen molar-refractivity contribution in [2.45, 2.75) is 32.0 Å². The zero-order chi connectivity index (χ0) is 33.6. The highest BCUT2D eigenvalue weighted by molar-refractivity contribution is 7.86. The summed E-state index contributed by atoms with van der Waals surface area (Å²) in [5.41, 5.74) is 0.489. The van der Waals surface area contributed by atoms with Crippen LogP contribution in [0.15, 0.2) is 48.8 Å². The number of nitrogens with one attached hydrogen (secondary N) is 1. The number of hydrogen-bond donors (Lipinski definition) is 1. The van der Waals surface area contributed by atoms with E-state index in [0.717, 1.165) is 37.6 Å². The summed E-state index contributed by atoms with van der Waals surface area (Å²) in [7, 11) is -2.66. The molecule has 1 amide bonds. The first kappa shape index (κ1) is 34.8. The monoisotopic (exact) mass is 704 g/mol. The SMILES string of the molecule is COc1ccc(C(=O)NCC(=O)O[C@@H](Cc2c(Cl)c[n+]([O-])cc2Cl)c2ccc(OC(F)F)c(OCC3CC3)c2)cc1OS(C)(=O)=O. The van der Waals surface area contributed by atoms with Crippen molar-refractivity contribution >= 4 is 45.2 Å². The molecule has 0 bridgehead atoms. The van der Waals surface area contributed by atoms with E-state index in [0.29, 0.717) is 4.73 Å². The van der Waals surface area contributed by atoms with Gasteiger partial charge in [-0.3, -0.25) is 9.59 Å². The number of esters is 1. The highest BCUT2D eigenvalue weighted by atomic mass is 35.5. The number of hydrogen-bond acceptors (Lipinski definition) is 10. The van der Waals surface area contributed by atoms with E-state index in [1.807, 2.05) is 0 Å². The molecule has 17 heteroatoms. The molecule has 0 radical (unpaired) electrons. The molecule has 12 nitrogen and oxygen atoms in total. The molecular formula is C29H28Cl2F2N2O10S. The summed E-state index contributed by atoms with van der Waals surface area (Å²) in [6, 6.07) is 7.77. The summed E-state index contributed by atoms with van der Waals surface area (Å²) in [5, 5.41) is 14.1. The quantitative estimate of drug-likeness (QED) is 0.103. The fourth-order valence-corrected chi connectivity index (χ4v) is 5.22. The van der Waals surface area contributed by atoms with Crippen LogP contribution in [0.1, 0.15) is 40.4 Å². The van der Waals surface area contributed by atoms with Crippen molar-refractivity contribution in [3.8, 4) is 23.0 Å². The zero-order valence-corrected chi connectivity index (χ0v) is 26.7. The van der Waals surface area contributed by atoms with Gasteiger partial charge < -0.3 is 33.7 Å². The molecule has 0 saturated heterocycles. The molecule has 0 spiro atoms. The van der Waals surface area contributed by atoms with Gasteiger partial charge in [-0.15, -0.1) is 0 Å². The Hall–Kier alpha value is -4.08. The second-order valence-electron chi connectivity index (χ2n) is 10.1. The molecule has 1 N–H and O–H groups in total. The topological polar surface area (TPSA) is 153 Å². The lowest BCUT2D eigenvalue weighted by atomic mass is 10.0. The van der Waals surface area contributed by atoms with Gasteiger partial charge in [-0.2, -0.15) is 21.9 Å². The fraction of sp³-hybridized carbons (Fsp3) is 0.345. The maximum atomic E-state index is 13.1. The predicted molar refractivity (Wildman–Crippen MR) is 160 cm³/mol. The number of methoxy groups -OCH3 is 1. The fourth-order valence-electron chi connectivity index (χ4n) is 4.16. The minimum absolute atomic E-state index is 0.00618. The van der Waals surface area contributed by atoms with E-state index in [1.165, 1.54) is 37.4 Å². The van der Waals surface area contributed by atoms with Crippen LogP contribution < -0.4 is 28.4 Å². The second-order valence-corrected chi connectivity index (χ2v) is 12.5. The van der Waals surface area contributed by atoms with Crippen molar-refractivity contribution in [1.82, 2.24) is 5.32 Å². The van der Waals surface area contributed by atoms with Crippen LogP contribution in [0, 0.1) is 11.1 Å². The largest absolute Gasteiger partial charge is 0.619 e. The minimum atomic E-state index is -3.95. The van der Waals surface area contributed by atoms with Gasteiger partial charge in [0.15, 0.2) is 35.4 Å². The average Bonchev–Trinajstić information content (AvgIpc) is 3.80. The Kier molecular flexibility index (Phi) is 11.3. The number of ether oxygens (including phenoxy) is 4. The Morgan fingerprint density at radius 3 is 2.33 bits per heavy atom. The molecule has 1 aliphatic rings. The van der Waals surface area contributed by atoms with E-state index in [9.17, 15) is 32.0 Å². The number of aromatic nitrogens is 1. The Bertz CT molecular complexity index is 1680. The number of nitrogens with zero attached hydrogens (tertiary/aromatic N) is 1. The maximum Gasteiger partial charge on any atom is 0.387 e. The third kappa shape index (κ3) is 9.96. The van der Waals surface area contributed by atoms with Crippen LogP contribution in [0.5, 0.6) is 23.0 Å². The van der Waals surface area contributed by atoms with Gasteiger partial charge in [-0.25, -0.2) is 0 Å². The van der Waals surface area contributed by atoms with E-state index in [2.05, 4.69) is 10.1 Å². The van der Waals surface area contributed by atoms with E-state index in [4.69, 9.17) is 41.6 Å². The number of carbonyl (C=O) groups excluding carboxylic acids is 2. The van der Waals surface area contributed by atoms with Gasteiger partial charge in [0.2, 0.25) is 0 Å². The predicted octanol–water partition coefficient (Wildman–Crippen LogP) is 4.62. The van der Waals surface area contributed by atoms with Gasteiger partial charge in [0.05, 0.1) is 20.0 Å². The molecule has 0 unspecified atom stereocenters. The molecule has 1 heterocycles. The third-order valence-electron chi connectivity index (χ3n) is 6.51. The van der Waals surface area contributed by atoms with Crippen LogP contribution in [0.2, 0.25) is 10.0 Å². The summed E-state index contributed by atoms with van der Waals surface area (Å²) in [4.78, 5) is 25.8. The molecule has 248 valence electrons. The summed E-state index contributed by atoms with van der Waals surface area (Å²) in [5.74, 6) is -1.83. The number of rotatable bonds is 15. The third-order valence-corrected chi connectivity index (χ3v) is 7.64. The van der Waals surface area contributed by atoms with Gasteiger partial charge in [-0.05, 0) is 54.7 Å². The van der Waals surface area contributed by atoms with E-state index >= 15 is 0 Å². The van der Waals surface area contributed by atoms with Crippen LogP contribution in [0.3, 0.4) is 0 Å². The molecule has 1 aromatic heterocycles. The normalized spacial score (nSPS) is 13.5. The number of halogens is 4. The van der Waals surface area contributed by atoms with Crippen molar-refractivity contribution in [1.29, 1.82) is 0 Å².